The quantitative estimate of drug-likeness (QED) is 0.634. The molecule has 13 heavy (non-hydrogen) atoms. The van der Waals surface area contributed by atoms with Crippen molar-refractivity contribution in [2.24, 2.45) is 5.73 Å². The normalized spacial score (nSPS) is 10.8. The summed E-state index contributed by atoms with van der Waals surface area (Å²) >= 11 is 0. The molecule has 1 aromatic carbocycles. The maximum absolute atomic E-state index is 9.57. The lowest BCUT2D eigenvalue weighted by molar-refractivity contribution is 0.481. The summed E-state index contributed by atoms with van der Waals surface area (Å²) in [4.78, 5) is 0. The highest BCUT2D eigenvalue weighted by molar-refractivity contribution is 5.87. The summed E-state index contributed by atoms with van der Waals surface area (Å²) in [5.41, 5.74) is 7.11. The van der Waals surface area contributed by atoms with E-state index in [4.69, 9.17) is 5.73 Å². The van der Waals surface area contributed by atoms with Gasteiger partial charge in [-0.2, -0.15) is 5.10 Å². The third-order valence-electron chi connectivity index (χ3n) is 2.03. The Labute approximate surface area is 75.4 Å². The number of phenolic OH excluding ortho intramolecular Hbond substituents is 1. The summed E-state index contributed by atoms with van der Waals surface area (Å²) in [5.74, 6) is 0.259. The van der Waals surface area contributed by atoms with E-state index in [-0.39, 0.29) is 5.75 Å². The number of rotatable bonds is 2. The Morgan fingerprint density at radius 2 is 2.31 bits per heavy atom. The standard InChI is InChI=1S/C9H11N3O/c10-5-4-7-9-6(11-12-7)2-1-3-8(9)13/h1-3,13H,4-5,10H2,(H,11,12). The molecule has 1 aromatic heterocycles. The molecular weight excluding hydrogens is 166 g/mol. The van der Waals surface area contributed by atoms with Gasteiger partial charge in [0.05, 0.1) is 10.9 Å². The number of hydrogen-bond donors (Lipinski definition) is 3. The fourth-order valence-electron chi connectivity index (χ4n) is 1.44. The third-order valence-corrected chi connectivity index (χ3v) is 2.03. The molecule has 0 saturated carbocycles. The number of H-pyrrole nitrogens is 1. The number of aromatic hydroxyl groups is 1. The molecule has 2 aromatic rings. The van der Waals surface area contributed by atoms with Crippen molar-refractivity contribution in [1.82, 2.24) is 10.2 Å². The molecule has 0 aliphatic heterocycles. The summed E-state index contributed by atoms with van der Waals surface area (Å²) in [6.07, 6.45) is 0.702. The molecule has 0 saturated heterocycles. The van der Waals surface area contributed by atoms with E-state index < -0.39 is 0 Å². The van der Waals surface area contributed by atoms with Crippen LogP contribution in [-0.4, -0.2) is 21.8 Å². The number of aromatic amines is 1. The Kier molecular flexibility index (Phi) is 1.90. The average molecular weight is 177 g/mol. The molecule has 0 aliphatic rings. The van der Waals surface area contributed by atoms with Gasteiger partial charge in [-0.3, -0.25) is 5.10 Å². The predicted molar refractivity (Wildman–Crippen MR) is 50.5 cm³/mol. The van der Waals surface area contributed by atoms with Crippen LogP contribution in [0, 0.1) is 0 Å². The highest BCUT2D eigenvalue weighted by Gasteiger charge is 2.07. The van der Waals surface area contributed by atoms with Gasteiger partial charge in [-0.25, -0.2) is 0 Å². The first-order valence-electron chi connectivity index (χ1n) is 4.18. The second-order valence-electron chi connectivity index (χ2n) is 2.91. The molecule has 0 aliphatic carbocycles. The topological polar surface area (TPSA) is 74.9 Å². The Morgan fingerprint density at radius 3 is 3.08 bits per heavy atom. The highest BCUT2D eigenvalue weighted by Crippen LogP contribution is 2.25. The molecule has 0 atom stereocenters. The molecule has 1 heterocycles. The molecule has 0 bridgehead atoms. The van der Waals surface area contributed by atoms with E-state index in [1.54, 1.807) is 12.1 Å². The van der Waals surface area contributed by atoms with Crippen molar-refractivity contribution >= 4 is 10.9 Å². The molecule has 0 spiro atoms. The van der Waals surface area contributed by atoms with Gasteiger partial charge in [0.2, 0.25) is 0 Å². The van der Waals surface area contributed by atoms with E-state index >= 15 is 0 Å². The average Bonchev–Trinajstić information content (AvgIpc) is 2.51. The van der Waals surface area contributed by atoms with Gasteiger partial charge >= 0.3 is 0 Å². The number of nitrogens with two attached hydrogens (primary N) is 1. The smallest absolute Gasteiger partial charge is 0.126 e. The second kappa shape index (κ2) is 3.06. The van der Waals surface area contributed by atoms with Gasteiger partial charge in [-0.05, 0) is 18.7 Å². The first-order valence-corrected chi connectivity index (χ1v) is 4.18. The van der Waals surface area contributed by atoms with Crippen LogP contribution in [0.5, 0.6) is 5.75 Å². The monoisotopic (exact) mass is 177 g/mol. The first-order chi connectivity index (χ1) is 6.33. The minimum atomic E-state index is 0.259. The van der Waals surface area contributed by atoms with Gasteiger partial charge in [-0.1, -0.05) is 6.07 Å². The van der Waals surface area contributed by atoms with Crippen molar-refractivity contribution in [1.29, 1.82) is 0 Å². The van der Waals surface area contributed by atoms with Gasteiger partial charge in [0.25, 0.3) is 0 Å². The number of nitrogens with zero attached hydrogens (tertiary/aromatic N) is 1. The van der Waals surface area contributed by atoms with Crippen LogP contribution in [0.1, 0.15) is 5.69 Å². The van der Waals surface area contributed by atoms with Crippen molar-refractivity contribution in [2.75, 3.05) is 6.54 Å². The SMILES string of the molecule is NCCc1[nH]nc2cccc(O)c12. The van der Waals surface area contributed by atoms with E-state index in [0.29, 0.717) is 13.0 Å². The summed E-state index contributed by atoms with van der Waals surface area (Å²) in [6, 6.07) is 5.27. The Bertz CT molecular complexity index is 422. The molecule has 4 heteroatoms. The van der Waals surface area contributed by atoms with Crippen LogP contribution >= 0.6 is 0 Å². The molecule has 0 radical (unpaired) electrons. The molecule has 0 fully saturated rings. The van der Waals surface area contributed by atoms with Gasteiger partial charge in [0, 0.05) is 12.1 Å². The lowest BCUT2D eigenvalue weighted by Crippen LogP contribution is -2.03. The predicted octanol–water partition coefficient (Wildman–Crippen LogP) is 0.770. The van der Waals surface area contributed by atoms with Crippen molar-refractivity contribution in [2.45, 2.75) is 6.42 Å². The van der Waals surface area contributed by atoms with E-state index in [2.05, 4.69) is 10.2 Å². The van der Waals surface area contributed by atoms with Crippen LogP contribution in [0.15, 0.2) is 18.2 Å². The third kappa shape index (κ3) is 1.25. The van der Waals surface area contributed by atoms with Gasteiger partial charge in [0.15, 0.2) is 0 Å². The van der Waals surface area contributed by atoms with Crippen molar-refractivity contribution in [3.05, 3.63) is 23.9 Å². The number of fused-ring (bicyclic) bond motifs is 1. The summed E-state index contributed by atoms with van der Waals surface area (Å²) in [5, 5.41) is 17.3. The molecule has 0 unspecified atom stereocenters. The second-order valence-corrected chi connectivity index (χ2v) is 2.91. The summed E-state index contributed by atoms with van der Waals surface area (Å²) in [7, 11) is 0. The van der Waals surface area contributed by atoms with E-state index in [0.717, 1.165) is 16.6 Å². The molecular formula is C9H11N3O. The van der Waals surface area contributed by atoms with Crippen molar-refractivity contribution < 1.29 is 5.11 Å². The molecule has 0 amide bonds. The lowest BCUT2D eigenvalue weighted by atomic mass is 10.1. The lowest BCUT2D eigenvalue weighted by Gasteiger charge is -1.96. The molecule has 4 N–H and O–H groups in total. The number of benzene rings is 1. The first kappa shape index (κ1) is 8.07. The Hall–Kier alpha value is -1.55. The van der Waals surface area contributed by atoms with Crippen LogP contribution < -0.4 is 5.73 Å². The maximum Gasteiger partial charge on any atom is 0.126 e. The zero-order valence-electron chi connectivity index (χ0n) is 7.12. The van der Waals surface area contributed by atoms with Crippen molar-refractivity contribution in [3.63, 3.8) is 0 Å². The highest BCUT2D eigenvalue weighted by atomic mass is 16.3. The zero-order valence-corrected chi connectivity index (χ0v) is 7.12. The molecule has 4 nitrogen and oxygen atoms in total. The number of phenols is 1. The largest absolute Gasteiger partial charge is 0.507 e. The fraction of sp³-hybridized carbons (Fsp3) is 0.222. The molecule has 68 valence electrons. The van der Waals surface area contributed by atoms with E-state index in [1.807, 2.05) is 6.07 Å². The number of hydrogen-bond acceptors (Lipinski definition) is 3. The van der Waals surface area contributed by atoms with Gasteiger partial charge < -0.3 is 10.8 Å². The van der Waals surface area contributed by atoms with Gasteiger partial charge in [-0.15, -0.1) is 0 Å². The van der Waals surface area contributed by atoms with E-state index in [1.165, 1.54) is 0 Å². The summed E-state index contributed by atoms with van der Waals surface area (Å²) < 4.78 is 0. The van der Waals surface area contributed by atoms with Crippen LogP contribution in [0.25, 0.3) is 10.9 Å². The Balaban J connectivity index is 2.64. The number of nitrogens with one attached hydrogen (secondary N) is 1. The minimum Gasteiger partial charge on any atom is -0.507 e. The zero-order chi connectivity index (χ0) is 9.26. The minimum absolute atomic E-state index is 0.259. The van der Waals surface area contributed by atoms with Crippen LogP contribution in [0.4, 0.5) is 0 Å². The van der Waals surface area contributed by atoms with Crippen LogP contribution in [-0.2, 0) is 6.42 Å². The fourth-order valence-corrected chi connectivity index (χ4v) is 1.44. The van der Waals surface area contributed by atoms with Crippen LogP contribution in [0.3, 0.4) is 0 Å². The molecule has 2 rings (SSSR count). The maximum atomic E-state index is 9.57. The Morgan fingerprint density at radius 1 is 1.46 bits per heavy atom. The van der Waals surface area contributed by atoms with Gasteiger partial charge in [0.1, 0.15) is 5.75 Å². The van der Waals surface area contributed by atoms with E-state index in [9.17, 15) is 5.11 Å². The summed E-state index contributed by atoms with van der Waals surface area (Å²) in [6.45, 7) is 0.547. The van der Waals surface area contributed by atoms with Crippen molar-refractivity contribution in [3.8, 4) is 5.75 Å². The number of aromatic nitrogens is 2. The van der Waals surface area contributed by atoms with Crippen LogP contribution in [0.2, 0.25) is 0 Å².